The predicted octanol–water partition coefficient (Wildman–Crippen LogP) is 2.72. The van der Waals surface area contributed by atoms with Crippen molar-refractivity contribution in [2.24, 2.45) is 11.8 Å². The summed E-state index contributed by atoms with van der Waals surface area (Å²) in [6, 6.07) is 9.94. The van der Waals surface area contributed by atoms with Crippen molar-refractivity contribution in [1.29, 1.82) is 0 Å². The van der Waals surface area contributed by atoms with Crippen LogP contribution in [0.3, 0.4) is 0 Å². The number of nitrogens with zero attached hydrogens (tertiary/aromatic N) is 4. The van der Waals surface area contributed by atoms with E-state index in [1.54, 1.807) is 10.9 Å². The number of rotatable bonds is 6. The Kier molecular flexibility index (Phi) is 5.11. The van der Waals surface area contributed by atoms with E-state index >= 15 is 0 Å². The first-order valence-corrected chi connectivity index (χ1v) is 9.11. The Morgan fingerprint density at radius 1 is 0.923 bits per heavy atom. The lowest BCUT2D eigenvalue weighted by molar-refractivity contribution is 0.450. The van der Waals surface area contributed by atoms with Crippen LogP contribution in [0.2, 0.25) is 0 Å². The summed E-state index contributed by atoms with van der Waals surface area (Å²) in [6.45, 7) is 9.61. The first-order valence-electron chi connectivity index (χ1n) is 9.11. The van der Waals surface area contributed by atoms with Crippen LogP contribution < -0.4 is 11.2 Å². The lowest BCUT2D eigenvalue weighted by atomic mass is 10.2. The molecule has 0 N–H and O–H groups in total. The second kappa shape index (κ2) is 7.32. The summed E-state index contributed by atoms with van der Waals surface area (Å²) < 4.78 is 4.85. The van der Waals surface area contributed by atoms with E-state index in [2.05, 4.69) is 18.8 Å². The van der Waals surface area contributed by atoms with Gasteiger partial charge in [0.2, 0.25) is 0 Å². The summed E-state index contributed by atoms with van der Waals surface area (Å²) in [5.41, 5.74) is 1.53. The number of benzene rings is 1. The molecule has 0 aliphatic rings. The summed E-state index contributed by atoms with van der Waals surface area (Å²) in [6.07, 6.45) is 1.66. The highest BCUT2D eigenvalue weighted by molar-refractivity contribution is 5.70. The van der Waals surface area contributed by atoms with E-state index in [9.17, 15) is 9.59 Å². The third-order valence-electron chi connectivity index (χ3n) is 4.27. The molecule has 0 aliphatic heterocycles. The van der Waals surface area contributed by atoms with Gasteiger partial charge < -0.3 is 4.57 Å². The lowest BCUT2D eigenvalue weighted by Crippen LogP contribution is -2.42. The van der Waals surface area contributed by atoms with Crippen molar-refractivity contribution < 1.29 is 0 Å². The average Bonchev–Trinajstić information content (AvgIpc) is 2.99. The Hall–Kier alpha value is -2.63. The van der Waals surface area contributed by atoms with Gasteiger partial charge >= 0.3 is 5.69 Å². The van der Waals surface area contributed by atoms with Crippen LogP contribution in [-0.2, 0) is 19.6 Å². The fourth-order valence-electron chi connectivity index (χ4n) is 3.19. The molecule has 0 aliphatic carbocycles. The molecule has 0 amide bonds. The number of fused-ring (bicyclic) bond motifs is 1. The molecule has 0 unspecified atom stereocenters. The van der Waals surface area contributed by atoms with Crippen molar-refractivity contribution >= 4 is 11.2 Å². The van der Waals surface area contributed by atoms with Crippen LogP contribution >= 0.6 is 0 Å². The minimum atomic E-state index is -0.269. The standard InChI is InChI=1S/C20H26N4O2/c1-14(2)10-23-18-17(19(25)24(20(23)26)11-15(3)4)22(13-21-18)12-16-8-6-5-7-9-16/h5-9,13-15H,10-12H2,1-4H3. The number of aromatic nitrogens is 4. The summed E-state index contributed by atoms with van der Waals surface area (Å²) >= 11 is 0. The number of imidazole rings is 1. The third-order valence-corrected chi connectivity index (χ3v) is 4.27. The largest absolute Gasteiger partial charge is 0.332 e. The zero-order valence-electron chi connectivity index (χ0n) is 15.8. The second-order valence-electron chi connectivity index (χ2n) is 7.63. The zero-order chi connectivity index (χ0) is 18.8. The molecule has 2 aromatic heterocycles. The van der Waals surface area contributed by atoms with Gasteiger partial charge in [-0.15, -0.1) is 0 Å². The van der Waals surface area contributed by atoms with Crippen molar-refractivity contribution in [3.8, 4) is 0 Å². The Balaban J connectivity index is 2.23. The maximum Gasteiger partial charge on any atom is 0.332 e. The number of hydrogen-bond acceptors (Lipinski definition) is 3. The van der Waals surface area contributed by atoms with Crippen LogP contribution in [0.15, 0.2) is 46.2 Å². The molecule has 0 saturated carbocycles. The normalized spacial score (nSPS) is 11.8. The van der Waals surface area contributed by atoms with Gasteiger partial charge in [0.15, 0.2) is 11.2 Å². The van der Waals surface area contributed by atoms with Crippen molar-refractivity contribution in [3.63, 3.8) is 0 Å². The monoisotopic (exact) mass is 354 g/mol. The molecule has 0 spiro atoms. The van der Waals surface area contributed by atoms with Crippen LogP contribution in [0.1, 0.15) is 33.3 Å². The third kappa shape index (κ3) is 3.49. The Morgan fingerprint density at radius 2 is 1.54 bits per heavy atom. The topological polar surface area (TPSA) is 61.8 Å². The molecular formula is C20H26N4O2. The van der Waals surface area contributed by atoms with E-state index in [4.69, 9.17) is 0 Å². The molecule has 26 heavy (non-hydrogen) atoms. The molecule has 0 fully saturated rings. The van der Waals surface area contributed by atoms with Crippen molar-refractivity contribution in [2.75, 3.05) is 0 Å². The van der Waals surface area contributed by atoms with Gasteiger partial charge in [0.25, 0.3) is 5.56 Å². The van der Waals surface area contributed by atoms with E-state index in [-0.39, 0.29) is 23.1 Å². The maximum atomic E-state index is 13.1. The van der Waals surface area contributed by atoms with Crippen molar-refractivity contribution in [1.82, 2.24) is 18.7 Å². The van der Waals surface area contributed by atoms with Crippen molar-refractivity contribution in [3.05, 3.63) is 63.1 Å². The minimum absolute atomic E-state index is 0.204. The van der Waals surface area contributed by atoms with E-state index in [0.717, 1.165) is 5.56 Å². The van der Waals surface area contributed by atoms with Crippen LogP contribution in [0, 0.1) is 11.8 Å². The molecule has 3 rings (SSSR count). The van der Waals surface area contributed by atoms with E-state index in [0.29, 0.717) is 30.8 Å². The minimum Gasteiger partial charge on any atom is -0.320 e. The molecule has 0 bridgehead atoms. The molecule has 1 aromatic carbocycles. The van der Waals surface area contributed by atoms with E-state index < -0.39 is 0 Å². The number of hydrogen-bond donors (Lipinski definition) is 0. The summed E-state index contributed by atoms with van der Waals surface area (Å²) in [7, 11) is 0. The van der Waals surface area contributed by atoms with Crippen LogP contribution in [0.4, 0.5) is 0 Å². The van der Waals surface area contributed by atoms with Gasteiger partial charge in [-0.2, -0.15) is 0 Å². The molecule has 2 heterocycles. The highest BCUT2D eigenvalue weighted by atomic mass is 16.2. The molecule has 6 heteroatoms. The molecule has 0 saturated heterocycles. The van der Waals surface area contributed by atoms with Gasteiger partial charge in [-0.25, -0.2) is 9.78 Å². The molecule has 138 valence electrons. The lowest BCUT2D eigenvalue weighted by Gasteiger charge is -2.15. The zero-order valence-corrected chi connectivity index (χ0v) is 15.8. The summed E-state index contributed by atoms with van der Waals surface area (Å²) in [5, 5.41) is 0. The van der Waals surface area contributed by atoms with E-state index in [1.807, 2.05) is 48.7 Å². The molecule has 6 nitrogen and oxygen atoms in total. The molecule has 0 radical (unpaired) electrons. The first kappa shape index (κ1) is 18.2. The van der Waals surface area contributed by atoms with Crippen LogP contribution in [0.5, 0.6) is 0 Å². The van der Waals surface area contributed by atoms with Crippen LogP contribution in [0.25, 0.3) is 11.2 Å². The predicted molar refractivity (Wildman–Crippen MR) is 103 cm³/mol. The second-order valence-corrected chi connectivity index (χ2v) is 7.63. The quantitative estimate of drug-likeness (QED) is 0.684. The van der Waals surface area contributed by atoms with Crippen LogP contribution in [-0.4, -0.2) is 18.7 Å². The van der Waals surface area contributed by atoms with Gasteiger partial charge in [-0.05, 0) is 17.4 Å². The smallest absolute Gasteiger partial charge is 0.320 e. The first-order chi connectivity index (χ1) is 12.4. The highest BCUT2D eigenvalue weighted by Gasteiger charge is 2.19. The van der Waals surface area contributed by atoms with Gasteiger partial charge in [0.1, 0.15) is 0 Å². The van der Waals surface area contributed by atoms with Gasteiger partial charge in [0.05, 0.1) is 6.33 Å². The fourth-order valence-corrected chi connectivity index (χ4v) is 3.19. The average molecular weight is 354 g/mol. The van der Waals surface area contributed by atoms with Gasteiger partial charge in [0, 0.05) is 19.6 Å². The Labute approximate surface area is 152 Å². The molecule has 3 aromatic rings. The fraction of sp³-hybridized carbons (Fsp3) is 0.450. The van der Waals surface area contributed by atoms with Crippen molar-refractivity contribution in [2.45, 2.75) is 47.3 Å². The summed E-state index contributed by atoms with van der Waals surface area (Å²) in [5.74, 6) is 0.482. The highest BCUT2D eigenvalue weighted by Crippen LogP contribution is 2.12. The molecular weight excluding hydrogens is 328 g/mol. The maximum absolute atomic E-state index is 13.1. The van der Waals surface area contributed by atoms with Gasteiger partial charge in [-0.1, -0.05) is 58.0 Å². The van der Waals surface area contributed by atoms with Gasteiger partial charge in [-0.3, -0.25) is 13.9 Å². The SMILES string of the molecule is CC(C)Cn1c(=O)c2c(ncn2Cc2ccccc2)n(CC(C)C)c1=O. The Bertz CT molecular complexity index is 1010. The Morgan fingerprint density at radius 3 is 2.15 bits per heavy atom. The summed E-state index contributed by atoms with van der Waals surface area (Å²) in [4.78, 5) is 30.4. The molecule has 0 atom stereocenters. The van der Waals surface area contributed by atoms with E-state index in [1.165, 1.54) is 4.57 Å².